The van der Waals surface area contributed by atoms with Gasteiger partial charge in [-0.15, -0.1) is 0 Å². The fourth-order valence-electron chi connectivity index (χ4n) is 1.49. The molecule has 0 radical (unpaired) electrons. The predicted octanol–water partition coefficient (Wildman–Crippen LogP) is 1.41. The van der Waals surface area contributed by atoms with Crippen LogP contribution in [0.2, 0.25) is 5.02 Å². The molecule has 0 bridgehead atoms. The molecule has 0 aromatic heterocycles. The summed E-state index contributed by atoms with van der Waals surface area (Å²) in [6, 6.07) is 4.93. The lowest BCUT2D eigenvalue weighted by Crippen LogP contribution is -2.41. The summed E-state index contributed by atoms with van der Waals surface area (Å²) in [5, 5.41) is 9.94. The van der Waals surface area contributed by atoms with Crippen molar-refractivity contribution in [3.63, 3.8) is 0 Å². The Bertz CT molecular complexity index is 394. The van der Waals surface area contributed by atoms with Crippen molar-refractivity contribution in [2.45, 2.75) is 0 Å². The van der Waals surface area contributed by atoms with Gasteiger partial charge in [0.1, 0.15) is 6.61 Å². The molecule has 1 aliphatic rings. The van der Waals surface area contributed by atoms with Crippen molar-refractivity contribution in [1.29, 1.82) is 0 Å². The van der Waals surface area contributed by atoms with E-state index in [0.717, 1.165) is 0 Å². The average Bonchev–Trinajstić information content (AvgIpc) is 2.23. The number of anilines is 1. The monoisotopic (exact) mass is 227 g/mol. The minimum absolute atomic E-state index is 0.0476. The first-order chi connectivity index (χ1) is 7.20. The minimum atomic E-state index is -0.168. The number of hydrogen-bond acceptors (Lipinski definition) is 3. The molecule has 1 aromatic rings. The number of ether oxygens (including phenoxy) is 1. The summed E-state index contributed by atoms with van der Waals surface area (Å²) in [6.45, 7) is 0.955. The maximum absolute atomic E-state index is 11.5. The third-order valence-electron chi connectivity index (χ3n) is 2.24. The van der Waals surface area contributed by atoms with Crippen LogP contribution in [0.3, 0.4) is 0 Å². The number of rotatable bonds is 1. The number of carbonyl (C=O) groups excluding carboxylic acids is 1. The lowest BCUT2D eigenvalue weighted by Gasteiger charge is -2.27. The zero-order valence-corrected chi connectivity index (χ0v) is 8.70. The van der Waals surface area contributed by atoms with Gasteiger partial charge < -0.3 is 14.7 Å². The van der Waals surface area contributed by atoms with Gasteiger partial charge in [-0.25, -0.2) is 0 Å². The largest absolute Gasteiger partial charge is 0.504 e. The van der Waals surface area contributed by atoms with Crippen LogP contribution in [0.5, 0.6) is 5.75 Å². The van der Waals surface area contributed by atoms with Crippen molar-refractivity contribution in [2.75, 3.05) is 24.7 Å². The highest BCUT2D eigenvalue weighted by molar-refractivity contribution is 6.32. The van der Waals surface area contributed by atoms with Gasteiger partial charge >= 0.3 is 0 Å². The number of para-hydroxylation sites is 1. The molecule has 15 heavy (non-hydrogen) atoms. The standard InChI is InChI=1S/C10H10ClNO3/c11-7-2-1-3-8(10(7)14)12-4-5-15-6-9(12)13/h1-3,14H,4-6H2. The number of carbonyl (C=O) groups is 1. The predicted molar refractivity (Wildman–Crippen MR) is 56.3 cm³/mol. The molecule has 5 heteroatoms. The van der Waals surface area contributed by atoms with Crippen molar-refractivity contribution in [1.82, 2.24) is 0 Å². The molecule has 0 spiro atoms. The van der Waals surface area contributed by atoms with Gasteiger partial charge in [-0.3, -0.25) is 4.79 Å². The Morgan fingerprint density at radius 2 is 2.27 bits per heavy atom. The van der Waals surface area contributed by atoms with Crippen LogP contribution in [0.15, 0.2) is 18.2 Å². The van der Waals surface area contributed by atoms with Gasteiger partial charge in [0.05, 0.1) is 17.3 Å². The van der Waals surface area contributed by atoms with Gasteiger partial charge in [-0.05, 0) is 12.1 Å². The van der Waals surface area contributed by atoms with Crippen LogP contribution >= 0.6 is 11.6 Å². The van der Waals surface area contributed by atoms with Crippen molar-refractivity contribution < 1.29 is 14.6 Å². The third kappa shape index (κ3) is 1.91. The zero-order chi connectivity index (χ0) is 10.8. The number of hydrogen-bond donors (Lipinski definition) is 1. The smallest absolute Gasteiger partial charge is 0.253 e. The van der Waals surface area contributed by atoms with Gasteiger partial charge in [0, 0.05) is 6.54 Å². The maximum Gasteiger partial charge on any atom is 0.253 e. The SMILES string of the molecule is O=C1COCCN1c1cccc(Cl)c1O. The molecule has 4 nitrogen and oxygen atoms in total. The van der Waals surface area contributed by atoms with Crippen molar-refractivity contribution in [3.05, 3.63) is 23.2 Å². The topological polar surface area (TPSA) is 49.8 Å². The Balaban J connectivity index is 2.35. The molecule has 1 aliphatic heterocycles. The van der Waals surface area contributed by atoms with E-state index in [1.807, 2.05) is 0 Å². The first-order valence-electron chi connectivity index (χ1n) is 4.56. The fraction of sp³-hybridized carbons (Fsp3) is 0.300. The van der Waals surface area contributed by atoms with Crippen molar-refractivity contribution in [2.24, 2.45) is 0 Å². The third-order valence-corrected chi connectivity index (χ3v) is 2.55. The molecular formula is C10H10ClNO3. The second-order valence-corrected chi connectivity index (χ2v) is 3.61. The summed E-state index contributed by atoms with van der Waals surface area (Å²) in [5.74, 6) is -0.228. The lowest BCUT2D eigenvalue weighted by molar-refractivity contribution is -0.125. The van der Waals surface area contributed by atoms with E-state index in [1.54, 1.807) is 18.2 Å². The summed E-state index contributed by atoms with van der Waals surface area (Å²) in [4.78, 5) is 13.0. The Kier molecular flexibility index (Phi) is 2.79. The Morgan fingerprint density at radius 1 is 1.47 bits per heavy atom. The number of halogens is 1. The van der Waals surface area contributed by atoms with Gasteiger partial charge in [0.2, 0.25) is 0 Å². The van der Waals surface area contributed by atoms with Crippen LogP contribution in [0.1, 0.15) is 0 Å². The van der Waals surface area contributed by atoms with Crippen LogP contribution in [0.4, 0.5) is 5.69 Å². The second kappa shape index (κ2) is 4.08. The minimum Gasteiger partial charge on any atom is -0.504 e. The summed E-state index contributed by atoms with van der Waals surface area (Å²) < 4.78 is 5.00. The van der Waals surface area contributed by atoms with E-state index in [-0.39, 0.29) is 23.3 Å². The van der Waals surface area contributed by atoms with E-state index in [0.29, 0.717) is 18.8 Å². The van der Waals surface area contributed by atoms with Gasteiger partial charge in [0.25, 0.3) is 5.91 Å². The molecule has 0 atom stereocenters. The van der Waals surface area contributed by atoms with Gasteiger partial charge in [0.15, 0.2) is 5.75 Å². The van der Waals surface area contributed by atoms with E-state index in [1.165, 1.54) is 4.90 Å². The molecule has 1 heterocycles. The van der Waals surface area contributed by atoms with E-state index in [9.17, 15) is 9.90 Å². The van der Waals surface area contributed by atoms with E-state index in [4.69, 9.17) is 16.3 Å². The number of morpholine rings is 1. The second-order valence-electron chi connectivity index (χ2n) is 3.21. The number of nitrogens with zero attached hydrogens (tertiary/aromatic N) is 1. The molecule has 0 aliphatic carbocycles. The van der Waals surface area contributed by atoms with E-state index in [2.05, 4.69) is 0 Å². The van der Waals surface area contributed by atoms with Crippen molar-refractivity contribution in [3.8, 4) is 5.75 Å². The van der Waals surface area contributed by atoms with Gasteiger partial charge in [-0.2, -0.15) is 0 Å². The molecule has 1 amide bonds. The molecule has 80 valence electrons. The molecule has 1 aromatic carbocycles. The Labute approximate surface area is 92.0 Å². The summed E-state index contributed by atoms with van der Waals surface area (Å²) in [6.07, 6.45) is 0. The van der Waals surface area contributed by atoms with Crippen LogP contribution in [-0.4, -0.2) is 30.8 Å². The number of phenolic OH excluding ortho intramolecular Hbond substituents is 1. The highest BCUT2D eigenvalue weighted by Crippen LogP contribution is 2.34. The lowest BCUT2D eigenvalue weighted by atomic mass is 10.2. The first-order valence-corrected chi connectivity index (χ1v) is 4.93. The summed E-state index contributed by atoms with van der Waals surface area (Å²) in [5.41, 5.74) is 0.441. The molecule has 2 rings (SSSR count). The quantitative estimate of drug-likeness (QED) is 0.789. The van der Waals surface area contributed by atoms with Crippen LogP contribution in [0, 0.1) is 0 Å². The molecule has 0 saturated carbocycles. The summed E-state index contributed by atoms with van der Waals surface area (Å²) >= 11 is 5.76. The van der Waals surface area contributed by atoms with Crippen LogP contribution < -0.4 is 4.90 Å². The zero-order valence-electron chi connectivity index (χ0n) is 7.94. The number of benzene rings is 1. The highest BCUT2D eigenvalue weighted by Gasteiger charge is 2.23. The highest BCUT2D eigenvalue weighted by atomic mass is 35.5. The Hall–Kier alpha value is -1.26. The fourth-order valence-corrected chi connectivity index (χ4v) is 1.66. The first kappa shape index (κ1) is 10.3. The molecule has 1 fully saturated rings. The normalized spacial score (nSPS) is 16.9. The van der Waals surface area contributed by atoms with Crippen LogP contribution in [-0.2, 0) is 9.53 Å². The number of amides is 1. The molecule has 1 N–H and O–H groups in total. The van der Waals surface area contributed by atoms with Gasteiger partial charge in [-0.1, -0.05) is 17.7 Å². The van der Waals surface area contributed by atoms with Crippen LogP contribution in [0.25, 0.3) is 0 Å². The van der Waals surface area contributed by atoms with E-state index < -0.39 is 0 Å². The number of phenols is 1. The molecule has 0 unspecified atom stereocenters. The molecular weight excluding hydrogens is 218 g/mol. The average molecular weight is 228 g/mol. The Morgan fingerprint density at radius 3 is 3.00 bits per heavy atom. The van der Waals surface area contributed by atoms with E-state index >= 15 is 0 Å². The van der Waals surface area contributed by atoms with Crippen molar-refractivity contribution >= 4 is 23.2 Å². The maximum atomic E-state index is 11.5. The molecule has 1 saturated heterocycles. The summed E-state index contributed by atoms with van der Waals surface area (Å²) in [7, 11) is 0. The number of aromatic hydroxyl groups is 1.